The van der Waals surface area contributed by atoms with Gasteiger partial charge in [0.05, 0.1) is 11.6 Å². The summed E-state index contributed by atoms with van der Waals surface area (Å²) >= 11 is 3.24. The summed E-state index contributed by atoms with van der Waals surface area (Å²) in [5.74, 6) is 0.0186. The zero-order valence-electron chi connectivity index (χ0n) is 10.3. The summed E-state index contributed by atoms with van der Waals surface area (Å²) in [7, 11) is 0. The maximum atomic E-state index is 13.3. The summed E-state index contributed by atoms with van der Waals surface area (Å²) in [6, 6.07) is 10.9. The van der Waals surface area contributed by atoms with Crippen molar-refractivity contribution in [3.8, 4) is 11.8 Å². The second-order valence-corrected chi connectivity index (χ2v) is 4.90. The Balaban J connectivity index is 2.15. The SMILES string of the molecule is N#Cc1cc(F)cc(COc2ccc(Br)c(C=O)c2)c1. The lowest BCUT2D eigenvalue weighted by molar-refractivity contribution is 0.112. The van der Waals surface area contributed by atoms with Crippen LogP contribution in [-0.2, 0) is 6.61 Å². The van der Waals surface area contributed by atoms with Crippen molar-refractivity contribution in [3.63, 3.8) is 0 Å². The molecule has 0 fully saturated rings. The normalized spacial score (nSPS) is 9.85. The van der Waals surface area contributed by atoms with Gasteiger partial charge in [-0.15, -0.1) is 0 Å². The van der Waals surface area contributed by atoms with Gasteiger partial charge < -0.3 is 4.74 Å². The maximum Gasteiger partial charge on any atom is 0.151 e. The van der Waals surface area contributed by atoms with Gasteiger partial charge in [-0.3, -0.25) is 4.79 Å². The highest BCUT2D eigenvalue weighted by Crippen LogP contribution is 2.22. The molecular formula is C15H9BrFNO2. The monoisotopic (exact) mass is 333 g/mol. The molecule has 0 saturated heterocycles. The summed E-state index contributed by atoms with van der Waals surface area (Å²) in [6.45, 7) is 0.117. The minimum atomic E-state index is -0.480. The molecule has 0 saturated carbocycles. The van der Waals surface area contributed by atoms with Crippen LogP contribution in [-0.4, -0.2) is 6.29 Å². The number of ether oxygens (including phenoxy) is 1. The summed E-state index contributed by atoms with van der Waals surface area (Å²) in [5, 5.41) is 8.77. The Kier molecular flexibility index (Phi) is 4.49. The average Bonchev–Trinajstić information content (AvgIpc) is 2.45. The first kappa shape index (κ1) is 14.2. The molecule has 2 rings (SSSR count). The number of halogens is 2. The molecule has 0 spiro atoms. The molecule has 2 aromatic rings. The van der Waals surface area contributed by atoms with Crippen molar-refractivity contribution in [3.05, 3.63) is 63.4 Å². The molecule has 0 radical (unpaired) electrons. The molecule has 0 aromatic heterocycles. The number of nitriles is 1. The fourth-order valence-electron chi connectivity index (χ4n) is 1.67. The van der Waals surface area contributed by atoms with Gasteiger partial charge in [0, 0.05) is 10.0 Å². The third-order valence-electron chi connectivity index (χ3n) is 2.59. The van der Waals surface area contributed by atoms with Crippen LogP contribution in [0.25, 0.3) is 0 Å². The number of nitrogens with zero attached hydrogens (tertiary/aromatic N) is 1. The summed E-state index contributed by atoms with van der Waals surface area (Å²) in [6.07, 6.45) is 0.715. The summed E-state index contributed by atoms with van der Waals surface area (Å²) < 4.78 is 19.4. The van der Waals surface area contributed by atoms with E-state index in [9.17, 15) is 9.18 Å². The van der Waals surface area contributed by atoms with Crippen LogP contribution in [0.1, 0.15) is 21.5 Å². The fourth-order valence-corrected chi connectivity index (χ4v) is 2.01. The van der Waals surface area contributed by atoms with Crippen molar-refractivity contribution in [2.45, 2.75) is 6.61 Å². The highest BCUT2D eigenvalue weighted by molar-refractivity contribution is 9.10. The van der Waals surface area contributed by atoms with Crippen LogP contribution in [0.2, 0.25) is 0 Å². The van der Waals surface area contributed by atoms with Crippen LogP contribution >= 0.6 is 15.9 Å². The highest BCUT2D eigenvalue weighted by atomic mass is 79.9. The van der Waals surface area contributed by atoms with E-state index in [-0.39, 0.29) is 12.2 Å². The maximum absolute atomic E-state index is 13.3. The van der Waals surface area contributed by atoms with E-state index < -0.39 is 5.82 Å². The van der Waals surface area contributed by atoms with E-state index in [1.165, 1.54) is 6.07 Å². The van der Waals surface area contributed by atoms with E-state index in [1.807, 2.05) is 6.07 Å². The highest BCUT2D eigenvalue weighted by Gasteiger charge is 2.04. The fraction of sp³-hybridized carbons (Fsp3) is 0.0667. The molecule has 3 nitrogen and oxygen atoms in total. The van der Waals surface area contributed by atoms with Crippen molar-refractivity contribution in [2.75, 3.05) is 0 Å². The van der Waals surface area contributed by atoms with E-state index >= 15 is 0 Å². The van der Waals surface area contributed by atoms with Crippen molar-refractivity contribution in [2.24, 2.45) is 0 Å². The molecule has 0 aliphatic rings. The van der Waals surface area contributed by atoms with Crippen LogP contribution in [0.15, 0.2) is 40.9 Å². The molecule has 0 aliphatic heterocycles. The average molecular weight is 334 g/mol. The molecule has 0 N–H and O–H groups in total. The molecule has 0 amide bonds. The molecule has 2 aromatic carbocycles. The Morgan fingerprint density at radius 3 is 2.80 bits per heavy atom. The molecule has 20 heavy (non-hydrogen) atoms. The van der Waals surface area contributed by atoms with E-state index in [0.29, 0.717) is 27.6 Å². The van der Waals surface area contributed by atoms with Crippen LogP contribution in [0.5, 0.6) is 5.75 Å². The van der Waals surface area contributed by atoms with Crippen molar-refractivity contribution >= 4 is 22.2 Å². The minimum absolute atomic E-state index is 0.117. The van der Waals surface area contributed by atoms with Crippen LogP contribution in [0.3, 0.4) is 0 Å². The van der Waals surface area contributed by atoms with Gasteiger partial charge in [-0.05, 0) is 42.0 Å². The standard InChI is InChI=1S/C15H9BrFNO2/c16-15-2-1-14(6-12(15)8-19)20-9-11-3-10(7-18)4-13(17)5-11/h1-6,8H,9H2. The van der Waals surface area contributed by atoms with Crippen LogP contribution in [0.4, 0.5) is 4.39 Å². The van der Waals surface area contributed by atoms with Gasteiger partial charge in [-0.1, -0.05) is 15.9 Å². The van der Waals surface area contributed by atoms with E-state index in [2.05, 4.69) is 15.9 Å². The second-order valence-electron chi connectivity index (χ2n) is 4.05. The number of hydrogen-bond acceptors (Lipinski definition) is 3. The van der Waals surface area contributed by atoms with Gasteiger partial charge >= 0.3 is 0 Å². The van der Waals surface area contributed by atoms with E-state index in [0.717, 1.165) is 6.07 Å². The first-order valence-corrected chi connectivity index (χ1v) is 6.49. The van der Waals surface area contributed by atoms with Gasteiger partial charge in [0.2, 0.25) is 0 Å². The predicted octanol–water partition coefficient (Wildman–Crippen LogP) is 3.85. The number of rotatable bonds is 4. The Morgan fingerprint density at radius 2 is 2.10 bits per heavy atom. The van der Waals surface area contributed by atoms with E-state index in [1.54, 1.807) is 24.3 Å². The number of carbonyl (C=O) groups excluding carboxylic acids is 1. The summed E-state index contributed by atoms with van der Waals surface area (Å²) in [5.41, 5.74) is 1.27. The molecule has 0 heterocycles. The third kappa shape index (κ3) is 3.43. The Morgan fingerprint density at radius 1 is 1.30 bits per heavy atom. The topological polar surface area (TPSA) is 50.1 Å². The molecule has 0 aliphatic carbocycles. The second kappa shape index (κ2) is 6.31. The number of carbonyl (C=O) groups is 1. The van der Waals surface area contributed by atoms with Gasteiger partial charge in [-0.25, -0.2) is 4.39 Å². The molecular weight excluding hydrogens is 325 g/mol. The van der Waals surface area contributed by atoms with E-state index in [4.69, 9.17) is 10.00 Å². The lowest BCUT2D eigenvalue weighted by Gasteiger charge is -2.08. The number of benzene rings is 2. The molecule has 5 heteroatoms. The van der Waals surface area contributed by atoms with Crippen molar-refractivity contribution in [1.82, 2.24) is 0 Å². The smallest absolute Gasteiger partial charge is 0.151 e. The number of hydrogen-bond donors (Lipinski definition) is 0. The van der Waals surface area contributed by atoms with Crippen LogP contribution in [0, 0.1) is 17.1 Å². The lowest BCUT2D eigenvalue weighted by atomic mass is 10.1. The summed E-state index contributed by atoms with van der Waals surface area (Å²) in [4.78, 5) is 10.8. The third-order valence-corrected chi connectivity index (χ3v) is 3.31. The van der Waals surface area contributed by atoms with Crippen LogP contribution < -0.4 is 4.74 Å². The van der Waals surface area contributed by atoms with Gasteiger partial charge in [0.1, 0.15) is 18.2 Å². The van der Waals surface area contributed by atoms with Crippen molar-refractivity contribution in [1.29, 1.82) is 5.26 Å². The first-order chi connectivity index (χ1) is 9.62. The zero-order chi connectivity index (χ0) is 14.5. The molecule has 100 valence electrons. The molecule has 0 bridgehead atoms. The Bertz CT molecular complexity index is 695. The lowest BCUT2D eigenvalue weighted by Crippen LogP contribution is -1.98. The number of aldehydes is 1. The Labute approximate surface area is 123 Å². The first-order valence-electron chi connectivity index (χ1n) is 5.69. The predicted molar refractivity (Wildman–Crippen MR) is 75.0 cm³/mol. The van der Waals surface area contributed by atoms with Gasteiger partial charge in [-0.2, -0.15) is 5.26 Å². The minimum Gasteiger partial charge on any atom is -0.489 e. The van der Waals surface area contributed by atoms with Gasteiger partial charge in [0.25, 0.3) is 0 Å². The van der Waals surface area contributed by atoms with Gasteiger partial charge in [0.15, 0.2) is 6.29 Å². The largest absolute Gasteiger partial charge is 0.489 e. The molecule has 0 atom stereocenters. The molecule has 0 unspecified atom stereocenters. The quantitative estimate of drug-likeness (QED) is 0.798. The Hall–Kier alpha value is -2.19. The van der Waals surface area contributed by atoms with Crippen molar-refractivity contribution < 1.29 is 13.9 Å². The zero-order valence-corrected chi connectivity index (χ0v) is 11.9.